The van der Waals surface area contributed by atoms with Gasteiger partial charge in [-0.1, -0.05) is 0 Å². The normalized spacial score (nSPS) is 18.4. The van der Waals surface area contributed by atoms with E-state index in [9.17, 15) is 9.59 Å². The molecular formula is C9H16N2O3. The SMILES string of the molecule is CC(CO)NC(=O)CN1CCCC1=O. The van der Waals surface area contributed by atoms with Gasteiger partial charge in [0.25, 0.3) is 0 Å². The molecule has 1 fully saturated rings. The maximum atomic E-state index is 11.3. The zero-order chi connectivity index (χ0) is 10.6. The van der Waals surface area contributed by atoms with Crippen molar-refractivity contribution in [3.63, 3.8) is 0 Å². The maximum absolute atomic E-state index is 11.3. The van der Waals surface area contributed by atoms with Gasteiger partial charge in [-0.15, -0.1) is 0 Å². The van der Waals surface area contributed by atoms with Crippen LogP contribution in [0.3, 0.4) is 0 Å². The minimum Gasteiger partial charge on any atom is -0.394 e. The summed E-state index contributed by atoms with van der Waals surface area (Å²) in [6, 6.07) is -0.250. The van der Waals surface area contributed by atoms with Crippen molar-refractivity contribution in [2.24, 2.45) is 0 Å². The van der Waals surface area contributed by atoms with Crippen molar-refractivity contribution >= 4 is 11.8 Å². The molecule has 0 aromatic rings. The average Bonchev–Trinajstić information content (AvgIpc) is 2.51. The molecule has 0 radical (unpaired) electrons. The Labute approximate surface area is 83.1 Å². The minimum absolute atomic E-state index is 0.0387. The maximum Gasteiger partial charge on any atom is 0.239 e. The summed E-state index contributed by atoms with van der Waals surface area (Å²) in [6.07, 6.45) is 1.38. The molecule has 1 aliphatic rings. The van der Waals surface area contributed by atoms with Gasteiger partial charge >= 0.3 is 0 Å². The van der Waals surface area contributed by atoms with E-state index in [-0.39, 0.29) is 31.0 Å². The van der Waals surface area contributed by atoms with Crippen LogP contribution in [0.15, 0.2) is 0 Å². The molecule has 80 valence electrons. The Kier molecular flexibility index (Phi) is 3.88. The van der Waals surface area contributed by atoms with Gasteiger partial charge in [-0.3, -0.25) is 9.59 Å². The highest BCUT2D eigenvalue weighted by molar-refractivity contribution is 5.85. The lowest BCUT2D eigenvalue weighted by atomic mass is 10.3. The van der Waals surface area contributed by atoms with E-state index < -0.39 is 0 Å². The first-order chi connectivity index (χ1) is 6.63. The van der Waals surface area contributed by atoms with Gasteiger partial charge in [0.1, 0.15) is 0 Å². The predicted molar refractivity (Wildman–Crippen MR) is 50.5 cm³/mol. The van der Waals surface area contributed by atoms with Crippen molar-refractivity contribution < 1.29 is 14.7 Å². The van der Waals surface area contributed by atoms with Crippen LogP contribution in [0.4, 0.5) is 0 Å². The van der Waals surface area contributed by atoms with Gasteiger partial charge in [0.05, 0.1) is 13.2 Å². The Morgan fingerprint density at radius 1 is 1.71 bits per heavy atom. The third-order valence-corrected chi connectivity index (χ3v) is 2.19. The molecule has 0 spiro atoms. The van der Waals surface area contributed by atoms with E-state index in [1.165, 1.54) is 0 Å². The van der Waals surface area contributed by atoms with Crippen LogP contribution in [0, 0.1) is 0 Å². The lowest BCUT2D eigenvalue weighted by Crippen LogP contribution is -2.42. The molecule has 14 heavy (non-hydrogen) atoms. The molecule has 0 saturated carbocycles. The van der Waals surface area contributed by atoms with Crippen molar-refractivity contribution in [2.75, 3.05) is 19.7 Å². The summed E-state index contributed by atoms with van der Waals surface area (Å²) < 4.78 is 0. The van der Waals surface area contributed by atoms with E-state index in [1.54, 1.807) is 11.8 Å². The fourth-order valence-electron chi connectivity index (χ4n) is 1.41. The Morgan fingerprint density at radius 2 is 2.43 bits per heavy atom. The second-order valence-electron chi connectivity index (χ2n) is 3.57. The van der Waals surface area contributed by atoms with Gasteiger partial charge in [0.2, 0.25) is 11.8 Å². The van der Waals surface area contributed by atoms with Gasteiger partial charge in [-0.05, 0) is 13.3 Å². The fourth-order valence-corrected chi connectivity index (χ4v) is 1.41. The van der Waals surface area contributed by atoms with Crippen LogP contribution in [-0.4, -0.2) is 47.6 Å². The van der Waals surface area contributed by atoms with Crippen LogP contribution >= 0.6 is 0 Å². The van der Waals surface area contributed by atoms with E-state index in [0.29, 0.717) is 13.0 Å². The third kappa shape index (κ3) is 2.99. The monoisotopic (exact) mass is 200 g/mol. The van der Waals surface area contributed by atoms with Crippen LogP contribution < -0.4 is 5.32 Å². The number of nitrogens with zero attached hydrogens (tertiary/aromatic N) is 1. The Morgan fingerprint density at radius 3 is 2.93 bits per heavy atom. The summed E-state index contributed by atoms with van der Waals surface area (Å²) in [5, 5.41) is 11.3. The molecule has 0 bridgehead atoms. The van der Waals surface area contributed by atoms with Crippen LogP contribution in [0.1, 0.15) is 19.8 Å². The van der Waals surface area contributed by atoms with Crippen molar-refractivity contribution in [3.8, 4) is 0 Å². The Balaban J connectivity index is 2.29. The molecule has 5 heteroatoms. The second kappa shape index (κ2) is 4.95. The molecule has 0 aliphatic carbocycles. The summed E-state index contributed by atoms with van der Waals surface area (Å²) in [4.78, 5) is 24.0. The summed E-state index contributed by atoms with van der Waals surface area (Å²) in [7, 11) is 0. The number of nitrogens with one attached hydrogen (secondary N) is 1. The molecule has 1 atom stereocenters. The molecule has 2 N–H and O–H groups in total. The molecule has 1 saturated heterocycles. The molecule has 0 aromatic heterocycles. The highest BCUT2D eigenvalue weighted by Crippen LogP contribution is 2.08. The fraction of sp³-hybridized carbons (Fsp3) is 0.778. The van der Waals surface area contributed by atoms with Crippen molar-refractivity contribution in [2.45, 2.75) is 25.8 Å². The molecule has 1 aliphatic heterocycles. The van der Waals surface area contributed by atoms with Gasteiger partial charge in [0.15, 0.2) is 0 Å². The van der Waals surface area contributed by atoms with Crippen molar-refractivity contribution in [3.05, 3.63) is 0 Å². The first-order valence-corrected chi connectivity index (χ1v) is 4.81. The van der Waals surface area contributed by atoms with Crippen LogP contribution in [-0.2, 0) is 9.59 Å². The van der Waals surface area contributed by atoms with Crippen LogP contribution in [0.5, 0.6) is 0 Å². The van der Waals surface area contributed by atoms with Gasteiger partial charge in [0, 0.05) is 19.0 Å². The second-order valence-corrected chi connectivity index (χ2v) is 3.57. The molecule has 1 heterocycles. The molecule has 1 unspecified atom stereocenters. The molecule has 2 amide bonds. The minimum atomic E-state index is -0.250. The zero-order valence-corrected chi connectivity index (χ0v) is 8.32. The summed E-state index contributed by atoms with van der Waals surface area (Å²) in [5.74, 6) is -0.168. The lowest BCUT2D eigenvalue weighted by Gasteiger charge is -2.17. The number of rotatable bonds is 4. The largest absolute Gasteiger partial charge is 0.394 e. The number of amides is 2. The van der Waals surface area contributed by atoms with Crippen LogP contribution in [0.25, 0.3) is 0 Å². The van der Waals surface area contributed by atoms with E-state index >= 15 is 0 Å². The zero-order valence-electron chi connectivity index (χ0n) is 8.32. The quantitative estimate of drug-likeness (QED) is 0.618. The Bertz CT molecular complexity index is 230. The highest BCUT2D eigenvalue weighted by Gasteiger charge is 2.22. The highest BCUT2D eigenvalue weighted by atomic mass is 16.3. The number of aliphatic hydroxyl groups is 1. The average molecular weight is 200 g/mol. The number of aliphatic hydroxyl groups excluding tert-OH is 1. The first-order valence-electron chi connectivity index (χ1n) is 4.81. The van der Waals surface area contributed by atoms with Crippen molar-refractivity contribution in [1.29, 1.82) is 0 Å². The van der Waals surface area contributed by atoms with E-state index in [2.05, 4.69) is 5.32 Å². The first kappa shape index (κ1) is 11.0. The van der Waals surface area contributed by atoms with Gasteiger partial charge in [-0.25, -0.2) is 0 Å². The van der Waals surface area contributed by atoms with Crippen LogP contribution in [0.2, 0.25) is 0 Å². The van der Waals surface area contributed by atoms with Gasteiger partial charge in [-0.2, -0.15) is 0 Å². The van der Waals surface area contributed by atoms with Gasteiger partial charge < -0.3 is 15.3 Å². The summed E-state index contributed by atoms with van der Waals surface area (Å²) >= 11 is 0. The number of hydrogen-bond acceptors (Lipinski definition) is 3. The molecule has 0 aromatic carbocycles. The van der Waals surface area contributed by atoms with E-state index in [0.717, 1.165) is 6.42 Å². The van der Waals surface area contributed by atoms with Crippen molar-refractivity contribution in [1.82, 2.24) is 10.2 Å². The molecular weight excluding hydrogens is 184 g/mol. The molecule has 5 nitrogen and oxygen atoms in total. The third-order valence-electron chi connectivity index (χ3n) is 2.19. The molecule has 1 rings (SSSR count). The summed E-state index contributed by atoms with van der Waals surface area (Å²) in [5.41, 5.74) is 0. The predicted octanol–water partition coefficient (Wildman–Crippen LogP) is -0.894. The standard InChI is InChI=1S/C9H16N2O3/c1-7(6-12)10-8(13)5-11-4-2-3-9(11)14/h7,12H,2-6H2,1H3,(H,10,13). The number of likely N-dealkylation sites (tertiary alicyclic amines) is 1. The Hall–Kier alpha value is -1.10. The number of carbonyl (C=O) groups excluding carboxylic acids is 2. The van der Waals surface area contributed by atoms with E-state index in [1.807, 2.05) is 0 Å². The number of hydrogen-bond donors (Lipinski definition) is 2. The topological polar surface area (TPSA) is 69.6 Å². The lowest BCUT2D eigenvalue weighted by molar-refractivity contribution is -0.133. The smallest absolute Gasteiger partial charge is 0.239 e. The number of carbonyl (C=O) groups is 2. The van der Waals surface area contributed by atoms with E-state index in [4.69, 9.17) is 5.11 Å². The summed E-state index contributed by atoms with van der Waals surface area (Å²) in [6.45, 7) is 2.41.